The molecule has 0 spiro atoms. The molecule has 1 aliphatic heterocycles. The van der Waals surface area contributed by atoms with Crippen molar-refractivity contribution < 1.29 is 14.4 Å². The molecule has 1 unspecified atom stereocenters. The first kappa shape index (κ1) is 16.4. The Morgan fingerprint density at radius 1 is 1.29 bits per heavy atom. The molecule has 0 radical (unpaired) electrons. The van der Waals surface area contributed by atoms with Crippen LogP contribution >= 0.6 is 0 Å². The normalized spacial score (nSPS) is 21.3. The second kappa shape index (κ2) is 7.36. The van der Waals surface area contributed by atoms with E-state index in [1.807, 2.05) is 0 Å². The van der Waals surface area contributed by atoms with Crippen molar-refractivity contribution in [1.29, 1.82) is 0 Å². The molecule has 6 heteroatoms. The van der Waals surface area contributed by atoms with E-state index in [9.17, 15) is 14.4 Å². The van der Waals surface area contributed by atoms with Crippen molar-refractivity contribution in [2.75, 3.05) is 26.7 Å². The van der Waals surface area contributed by atoms with Crippen LogP contribution in [0.2, 0.25) is 0 Å². The van der Waals surface area contributed by atoms with Crippen molar-refractivity contribution in [3.63, 3.8) is 0 Å². The van der Waals surface area contributed by atoms with E-state index in [1.165, 1.54) is 12.1 Å². The summed E-state index contributed by atoms with van der Waals surface area (Å²) in [5.74, 6) is -0.421. The molecule has 1 aromatic rings. The molecule has 116 valence electrons. The van der Waals surface area contributed by atoms with Crippen molar-refractivity contribution in [2.45, 2.75) is 32.4 Å². The third-order valence-electron chi connectivity index (χ3n) is 4.16. The van der Waals surface area contributed by atoms with Gasteiger partial charge in [-0.1, -0.05) is 13.0 Å². The Morgan fingerprint density at radius 2 is 2.05 bits per heavy atom. The molecule has 0 saturated carbocycles. The van der Waals surface area contributed by atoms with E-state index >= 15 is 0 Å². The van der Waals surface area contributed by atoms with Gasteiger partial charge in [0.1, 0.15) is 5.82 Å². The molecule has 1 aromatic carbocycles. The smallest absolute Gasteiger partial charge is 0.423 e. The summed E-state index contributed by atoms with van der Waals surface area (Å²) in [5, 5.41) is 18.4. The van der Waals surface area contributed by atoms with E-state index in [4.69, 9.17) is 0 Å². The highest BCUT2D eigenvalue weighted by molar-refractivity contribution is 6.58. The van der Waals surface area contributed by atoms with Gasteiger partial charge in [-0.05, 0) is 49.6 Å². The van der Waals surface area contributed by atoms with Crippen LogP contribution in [-0.4, -0.2) is 59.7 Å². The highest BCUT2D eigenvalue weighted by Crippen LogP contribution is 2.16. The molecule has 2 N–H and O–H groups in total. The molecular formula is C15H24BFN2O2. The Hall–Kier alpha value is -0.945. The van der Waals surface area contributed by atoms with E-state index in [0.29, 0.717) is 12.6 Å². The molecule has 2 rings (SSSR count). The van der Waals surface area contributed by atoms with Crippen molar-refractivity contribution in [3.05, 3.63) is 29.6 Å². The first-order chi connectivity index (χ1) is 9.99. The van der Waals surface area contributed by atoms with Gasteiger partial charge in [-0.2, -0.15) is 0 Å². The maximum atomic E-state index is 13.6. The summed E-state index contributed by atoms with van der Waals surface area (Å²) in [6.45, 7) is 5.89. The molecule has 1 saturated heterocycles. The fourth-order valence-corrected chi connectivity index (χ4v) is 3.04. The predicted molar refractivity (Wildman–Crippen MR) is 82.8 cm³/mol. The lowest BCUT2D eigenvalue weighted by atomic mass is 9.79. The van der Waals surface area contributed by atoms with Gasteiger partial charge < -0.3 is 14.9 Å². The Kier molecular flexibility index (Phi) is 5.76. The minimum atomic E-state index is -1.63. The summed E-state index contributed by atoms with van der Waals surface area (Å²) in [5.41, 5.74) is 1.01. The molecule has 0 aliphatic carbocycles. The van der Waals surface area contributed by atoms with Crippen molar-refractivity contribution in [1.82, 2.24) is 9.80 Å². The number of hydrogen-bond acceptors (Lipinski definition) is 4. The standard InChI is InChI=1S/C15H24BFN2O2/c1-3-15-11-18(2)5-4-6-19(15)10-12-7-13(16(20)21)9-14(17)8-12/h7-9,15,20-21H,3-6,10-11H2,1-2H3. The van der Waals surface area contributed by atoms with Crippen LogP contribution in [0.1, 0.15) is 25.3 Å². The van der Waals surface area contributed by atoms with Gasteiger partial charge in [-0.15, -0.1) is 0 Å². The summed E-state index contributed by atoms with van der Waals surface area (Å²) < 4.78 is 13.6. The topological polar surface area (TPSA) is 46.9 Å². The minimum absolute atomic E-state index is 0.213. The second-order valence-corrected chi connectivity index (χ2v) is 5.91. The van der Waals surface area contributed by atoms with Crippen LogP contribution in [0.4, 0.5) is 4.39 Å². The number of hydrogen-bond donors (Lipinski definition) is 2. The van der Waals surface area contributed by atoms with Crippen LogP contribution in [0.3, 0.4) is 0 Å². The van der Waals surface area contributed by atoms with Crippen LogP contribution in [0.5, 0.6) is 0 Å². The molecular weight excluding hydrogens is 270 g/mol. The van der Waals surface area contributed by atoms with Crippen molar-refractivity contribution in [2.24, 2.45) is 0 Å². The average Bonchev–Trinajstić information content (AvgIpc) is 2.59. The lowest BCUT2D eigenvalue weighted by Gasteiger charge is -2.30. The number of rotatable bonds is 4. The third kappa shape index (κ3) is 4.51. The minimum Gasteiger partial charge on any atom is -0.423 e. The van der Waals surface area contributed by atoms with Crippen LogP contribution in [0, 0.1) is 5.82 Å². The average molecular weight is 294 g/mol. The number of nitrogens with zero attached hydrogens (tertiary/aromatic N) is 2. The SMILES string of the molecule is CCC1CN(C)CCCN1Cc1cc(F)cc(B(O)O)c1. The maximum Gasteiger partial charge on any atom is 0.488 e. The van der Waals surface area contributed by atoms with Gasteiger partial charge in [0.05, 0.1) is 0 Å². The van der Waals surface area contributed by atoms with Crippen LogP contribution < -0.4 is 5.46 Å². The van der Waals surface area contributed by atoms with Gasteiger partial charge in [0.25, 0.3) is 0 Å². The highest BCUT2D eigenvalue weighted by Gasteiger charge is 2.22. The lowest BCUT2D eigenvalue weighted by Crippen LogP contribution is -2.39. The number of likely N-dealkylation sites (N-methyl/N-ethyl adjacent to an activating group) is 1. The maximum absolute atomic E-state index is 13.6. The summed E-state index contributed by atoms with van der Waals surface area (Å²) in [7, 11) is 0.505. The molecule has 0 bridgehead atoms. The molecule has 21 heavy (non-hydrogen) atoms. The molecule has 1 aliphatic rings. The molecule has 4 nitrogen and oxygen atoms in total. The molecule has 0 amide bonds. The number of benzene rings is 1. The van der Waals surface area contributed by atoms with Gasteiger partial charge in [-0.3, -0.25) is 4.90 Å². The first-order valence-electron chi connectivity index (χ1n) is 7.57. The van der Waals surface area contributed by atoms with E-state index in [2.05, 4.69) is 23.8 Å². The van der Waals surface area contributed by atoms with E-state index in [0.717, 1.165) is 38.0 Å². The van der Waals surface area contributed by atoms with Gasteiger partial charge in [-0.25, -0.2) is 4.39 Å². The zero-order chi connectivity index (χ0) is 15.4. The molecule has 1 atom stereocenters. The van der Waals surface area contributed by atoms with Gasteiger partial charge >= 0.3 is 7.12 Å². The number of halogens is 1. The zero-order valence-electron chi connectivity index (χ0n) is 12.8. The largest absolute Gasteiger partial charge is 0.488 e. The summed E-state index contributed by atoms with van der Waals surface area (Å²) in [6, 6.07) is 4.77. The Morgan fingerprint density at radius 3 is 2.71 bits per heavy atom. The third-order valence-corrected chi connectivity index (χ3v) is 4.16. The molecule has 0 aromatic heterocycles. The fourth-order valence-electron chi connectivity index (χ4n) is 3.04. The first-order valence-corrected chi connectivity index (χ1v) is 7.57. The van der Waals surface area contributed by atoms with Gasteiger partial charge in [0.15, 0.2) is 0 Å². The van der Waals surface area contributed by atoms with E-state index < -0.39 is 12.9 Å². The summed E-state index contributed by atoms with van der Waals surface area (Å²) in [4.78, 5) is 4.70. The zero-order valence-corrected chi connectivity index (χ0v) is 12.8. The van der Waals surface area contributed by atoms with Crippen molar-refractivity contribution in [3.8, 4) is 0 Å². The van der Waals surface area contributed by atoms with Crippen LogP contribution in [0.25, 0.3) is 0 Å². The quantitative estimate of drug-likeness (QED) is 0.790. The Bertz CT molecular complexity index is 473. The Labute approximate surface area is 126 Å². The van der Waals surface area contributed by atoms with Crippen LogP contribution in [0.15, 0.2) is 18.2 Å². The molecule has 1 fully saturated rings. The van der Waals surface area contributed by atoms with Gasteiger partial charge in [0.2, 0.25) is 0 Å². The van der Waals surface area contributed by atoms with E-state index in [-0.39, 0.29) is 5.46 Å². The monoisotopic (exact) mass is 294 g/mol. The van der Waals surface area contributed by atoms with E-state index in [1.54, 1.807) is 6.07 Å². The van der Waals surface area contributed by atoms with Gasteiger partial charge in [0, 0.05) is 25.7 Å². The summed E-state index contributed by atoms with van der Waals surface area (Å²) in [6.07, 6.45) is 2.15. The Balaban J connectivity index is 2.15. The van der Waals surface area contributed by atoms with Crippen LogP contribution in [-0.2, 0) is 6.54 Å². The van der Waals surface area contributed by atoms with Crippen molar-refractivity contribution >= 4 is 12.6 Å². The summed E-state index contributed by atoms with van der Waals surface area (Å²) >= 11 is 0. The highest BCUT2D eigenvalue weighted by atomic mass is 19.1. The lowest BCUT2D eigenvalue weighted by molar-refractivity contribution is 0.176. The second-order valence-electron chi connectivity index (χ2n) is 5.91. The molecule has 1 heterocycles. The fraction of sp³-hybridized carbons (Fsp3) is 0.600. The predicted octanol–water partition coefficient (Wildman–Crippen LogP) is 0.422.